The van der Waals surface area contributed by atoms with Gasteiger partial charge in [-0.25, -0.2) is 0 Å². The van der Waals surface area contributed by atoms with Gasteiger partial charge in [-0.15, -0.1) is 0 Å². The average molecular weight is 466 g/mol. The molecule has 1 aliphatic carbocycles. The van der Waals surface area contributed by atoms with E-state index in [9.17, 15) is 9.90 Å². The van der Waals surface area contributed by atoms with Crippen molar-refractivity contribution < 1.29 is 19.7 Å². The maximum absolute atomic E-state index is 10.9. The number of β-amino-alcohol motifs (C(OH)–C–C–N with tert-alkyl or cyclic N) is 1. The van der Waals surface area contributed by atoms with Crippen molar-refractivity contribution in [3.05, 3.63) is 76.9 Å². The van der Waals surface area contributed by atoms with Crippen LogP contribution in [0, 0.1) is 5.92 Å². The van der Waals surface area contributed by atoms with Crippen LogP contribution in [0.1, 0.15) is 68.9 Å². The first-order chi connectivity index (χ1) is 16.1. The molecule has 0 saturated carbocycles. The van der Waals surface area contributed by atoms with E-state index >= 15 is 0 Å². The van der Waals surface area contributed by atoms with Crippen molar-refractivity contribution in [2.24, 2.45) is 5.92 Å². The molecule has 0 aliphatic heterocycles. The molecular weight excluding hydrogens is 426 g/mol. The largest absolute Gasteiger partial charge is 0.481 e. The van der Waals surface area contributed by atoms with Crippen molar-refractivity contribution >= 4 is 11.5 Å². The lowest BCUT2D eigenvalue weighted by Gasteiger charge is -2.31. The summed E-state index contributed by atoms with van der Waals surface area (Å²) in [7, 11) is 0. The fourth-order valence-electron chi connectivity index (χ4n) is 4.95. The summed E-state index contributed by atoms with van der Waals surface area (Å²) in [5.74, 6) is -0.223. The van der Waals surface area contributed by atoms with Gasteiger partial charge in [0, 0.05) is 12.1 Å². The second-order valence-electron chi connectivity index (χ2n) is 10.2. The summed E-state index contributed by atoms with van der Waals surface area (Å²) < 4.78 is 6.01. The van der Waals surface area contributed by atoms with Crippen LogP contribution >= 0.6 is 0 Å². The number of carboxylic acids is 1. The van der Waals surface area contributed by atoms with Crippen LogP contribution < -0.4 is 5.32 Å². The summed E-state index contributed by atoms with van der Waals surface area (Å²) in [6.07, 6.45) is 4.19. The fourth-order valence-corrected chi connectivity index (χ4v) is 4.95. The van der Waals surface area contributed by atoms with Crippen LogP contribution in [0.15, 0.2) is 54.6 Å². The van der Waals surface area contributed by atoms with E-state index in [1.807, 2.05) is 38.1 Å². The minimum Gasteiger partial charge on any atom is -0.481 e. The Balaban J connectivity index is 1.47. The summed E-state index contributed by atoms with van der Waals surface area (Å²) in [6.45, 7) is 8.98. The van der Waals surface area contributed by atoms with Crippen molar-refractivity contribution in [3.8, 4) is 0 Å². The van der Waals surface area contributed by atoms with Gasteiger partial charge in [0.15, 0.2) is 0 Å². The molecule has 3 rings (SSSR count). The molecule has 0 spiro atoms. The van der Waals surface area contributed by atoms with Crippen molar-refractivity contribution in [1.29, 1.82) is 0 Å². The summed E-state index contributed by atoms with van der Waals surface area (Å²) in [5, 5.41) is 23.1. The first kappa shape index (κ1) is 26.1. The zero-order chi connectivity index (χ0) is 24.7. The molecule has 5 heteroatoms. The van der Waals surface area contributed by atoms with Gasteiger partial charge in [-0.3, -0.25) is 4.79 Å². The van der Waals surface area contributed by atoms with Crippen molar-refractivity contribution in [3.63, 3.8) is 0 Å². The smallest absolute Gasteiger partial charge is 0.307 e. The lowest BCUT2D eigenvalue weighted by Crippen LogP contribution is -2.45. The molecule has 0 fully saturated rings. The van der Waals surface area contributed by atoms with Gasteiger partial charge in [-0.2, -0.15) is 0 Å². The zero-order valence-corrected chi connectivity index (χ0v) is 20.9. The fraction of sp³-hybridized carbons (Fsp3) is 0.483. The highest BCUT2D eigenvalue weighted by molar-refractivity contribution is 5.74. The van der Waals surface area contributed by atoms with Gasteiger partial charge < -0.3 is 20.3 Å². The number of allylic oxidation sites excluding steroid dienone is 1. The number of aliphatic carboxylic acids is 1. The standard InChI is InChI=1S/C29H39NO4/c1-20(13-14-28(32)33)26-11-7-8-12-27(26)21(2)34-19-25(31)18-30-29(3,4)17-22-15-23-9-5-6-10-24(23)16-22/h5-13,21-22,25,30-31H,14-19H2,1-4H3,(H,32,33)/b20-13+/t21-,25+/m1/s1. The van der Waals surface area contributed by atoms with Crippen LogP contribution in [0.25, 0.3) is 5.57 Å². The van der Waals surface area contributed by atoms with Gasteiger partial charge in [0.2, 0.25) is 0 Å². The van der Waals surface area contributed by atoms with Gasteiger partial charge >= 0.3 is 5.97 Å². The van der Waals surface area contributed by atoms with Crippen LogP contribution in [0.2, 0.25) is 0 Å². The number of aliphatic hydroxyl groups is 1. The quantitative estimate of drug-likeness (QED) is 0.403. The molecule has 0 aromatic heterocycles. The number of carboxylic acid groups (broad SMARTS) is 1. The molecule has 2 aromatic rings. The predicted molar refractivity (Wildman–Crippen MR) is 137 cm³/mol. The Hall–Kier alpha value is -2.47. The van der Waals surface area contributed by atoms with E-state index in [1.165, 1.54) is 11.1 Å². The highest BCUT2D eigenvalue weighted by atomic mass is 16.5. The first-order valence-electron chi connectivity index (χ1n) is 12.2. The number of benzene rings is 2. The van der Waals surface area contributed by atoms with E-state index in [0.717, 1.165) is 36.0 Å². The van der Waals surface area contributed by atoms with Crippen molar-refractivity contribution in [1.82, 2.24) is 5.32 Å². The van der Waals surface area contributed by atoms with Gasteiger partial charge in [0.1, 0.15) is 0 Å². The van der Waals surface area contributed by atoms with Crippen LogP contribution in [-0.4, -0.2) is 41.0 Å². The number of hydrogen-bond donors (Lipinski definition) is 3. The van der Waals surface area contributed by atoms with Crippen LogP contribution in [0.4, 0.5) is 0 Å². The SMILES string of the molecule is C/C(=C\CC(=O)O)c1ccccc1[C@@H](C)OC[C@@H](O)CNC(C)(C)CC1Cc2ccccc2C1. The first-order valence-corrected chi connectivity index (χ1v) is 12.2. The summed E-state index contributed by atoms with van der Waals surface area (Å²) in [4.78, 5) is 10.9. The maximum atomic E-state index is 10.9. The Morgan fingerprint density at radius 2 is 1.76 bits per heavy atom. The van der Waals surface area contributed by atoms with Gasteiger partial charge in [-0.1, -0.05) is 54.6 Å². The molecule has 2 atom stereocenters. The number of hydrogen-bond acceptors (Lipinski definition) is 4. The van der Waals surface area contributed by atoms with E-state index < -0.39 is 12.1 Å². The van der Waals surface area contributed by atoms with Crippen LogP contribution in [0.5, 0.6) is 0 Å². The van der Waals surface area contributed by atoms with E-state index in [1.54, 1.807) is 6.08 Å². The molecule has 184 valence electrons. The average Bonchev–Trinajstić information content (AvgIpc) is 3.21. The minimum absolute atomic E-state index is 0.0114. The number of aliphatic hydroxyl groups excluding tert-OH is 1. The van der Waals surface area contributed by atoms with Crippen LogP contribution in [0.3, 0.4) is 0 Å². The molecule has 2 aromatic carbocycles. The summed E-state index contributed by atoms with van der Waals surface area (Å²) in [6, 6.07) is 16.6. The minimum atomic E-state index is -0.850. The lowest BCUT2D eigenvalue weighted by atomic mass is 9.88. The van der Waals surface area contributed by atoms with E-state index in [0.29, 0.717) is 12.5 Å². The molecule has 0 heterocycles. The Morgan fingerprint density at radius 1 is 1.15 bits per heavy atom. The molecule has 5 nitrogen and oxygen atoms in total. The molecule has 3 N–H and O–H groups in total. The topological polar surface area (TPSA) is 78.8 Å². The number of nitrogens with one attached hydrogen (secondary N) is 1. The number of carbonyl (C=O) groups is 1. The number of rotatable bonds is 12. The predicted octanol–water partition coefficient (Wildman–Crippen LogP) is 5.18. The summed E-state index contributed by atoms with van der Waals surface area (Å²) >= 11 is 0. The molecule has 34 heavy (non-hydrogen) atoms. The maximum Gasteiger partial charge on any atom is 0.307 e. The van der Waals surface area contributed by atoms with Crippen molar-refractivity contribution in [2.45, 2.75) is 71.1 Å². The second kappa shape index (κ2) is 11.8. The Labute approximate surface area is 203 Å². The second-order valence-corrected chi connectivity index (χ2v) is 10.2. The molecule has 0 amide bonds. The molecule has 0 radical (unpaired) electrons. The lowest BCUT2D eigenvalue weighted by molar-refractivity contribution is -0.136. The van der Waals surface area contributed by atoms with E-state index in [4.69, 9.17) is 9.84 Å². The van der Waals surface area contributed by atoms with Gasteiger partial charge in [0.05, 0.1) is 25.2 Å². The Bertz CT molecular complexity index is 972. The number of ether oxygens (including phenoxy) is 1. The van der Waals surface area contributed by atoms with Gasteiger partial charge in [-0.05, 0) is 80.7 Å². The van der Waals surface area contributed by atoms with E-state index in [-0.39, 0.29) is 24.7 Å². The van der Waals surface area contributed by atoms with E-state index in [2.05, 4.69) is 43.4 Å². The Morgan fingerprint density at radius 3 is 2.41 bits per heavy atom. The Kier molecular flexibility index (Phi) is 9.06. The molecule has 0 unspecified atom stereocenters. The van der Waals surface area contributed by atoms with Crippen molar-refractivity contribution in [2.75, 3.05) is 13.2 Å². The third-order valence-electron chi connectivity index (χ3n) is 6.70. The monoisotopic (exact) mass is 465 g/mol. The van der Waals surface area contributed by atoms with Gasteiger partial charge in [0.25, 0.3) is 0 Å². The third kappa shape index (κ3) is 7.52. The molecule has 0 saturated heterocycles. The molecular formula is C29H39NO4. The normalized spacial score (nSPS) is 16.3. The third-order valence-corrected chi connectivity index (χ3v) is 6.70. The molecule has 0 bridgehead atoms. The highest BCUT2D eigenvalue weighted by Gasteiger charge is 2.28. The summed E-state index contributed by atoms with van der Waals surface area (Å²) in [5.41, 5.74) is 5.74. The molecule has 1 aliphatic rings. The van der Waals surface area contributed by atoms with Crippen LogP contribution in [-0.2, 0) is 22.4 Å². The highest BCUT2D eigenvalue weighted by Crippen LogP contribution is 2.32. The number of fused-ring (bicyclic) bond motifs is 1. The zero-order valence-electron chi connectivity index (χ0n) is 20.9.